The number of benzene rings is 1. The van der Waals surface area contributed by atoms with E-state index in [0.29, 0.717) is 18.7 Å². The number of anilines is 1. The second-order valence-electron chi connectivity index (χ2n) is 5.21. The summed E-state index contributed by atoms with van der Waals surface area (Å²) >= 11 is 0. The lowest BCUT2D eigenvalue weighted by Gasteiger charge is -2.12. The van der Waals surface area contributed by atoms with Crippen LogP contribution in [0.5, 0.6) is 5.75 Å². The number of hydrogen-bond donors (Lipinski definition) is 1. The fraction of sp³-hybridized carbons (Fsp3) is 0.176. The normalized spacial score (nSPS) is 13.0. The van der Waals surface area contributed by atoms with E-state index >= 15 is 0 Å². The van der Waals surface area contributed by atoms with Gasteiger partial charge >= 0.3 is 0 Å². The topological polar surface area (TPSA) is 47.0 Å². The molecule has 1 N–H and O–H groups in total. The van der Waals surface area contributed by atoms with Gasteiger partial charge in [-0.25, -0.2) is 9.37 Å². The van der Waals surface area contributed by atoms with E-state index in [1.807, 2.05) is 12.1 Å². The van der Waals surface area contributed by atoms with Crippen molar-refractivity contribution in [2.45, 2.75) is 13.0 Å². The van der Waals surface area contributed by atoms with Crippen molar-refractivity contribution < 1.29 is 9.13 Å². The molecule has 4 rings (SSSR count). The average Bonchev–Trinajstić information content (AvgIpc) is 3.03. The molecule has 0 spiro atoms. The van der Waals surface area contributed by atoms with E-state index in [0.717, 1.165) is 34.3 Å². The summed E-state index contributed by atoms with van der Waals surface area (Å²) in [6.45, 7) is 0.997. The van der Waals surface area contributed by atoms with Crippen molar-refractivity contribution in [3.05, 3.63) is 59.8 Å². The van der Waals surface area contributed by atoms with Crippen molar-refractivity contribution >= 4 is 16.6 Å². The number of rotatable bonds is 3. The molecule has 2 aromatic heterocycles. The lowest BCUT2D eigenvalue weighted by molar-refractivity contribution is 0.356. The van der Waals surface area contributed by atoms with Crippen molar-refractivity contribution in [1.82, 2.24) is 9.97 Å². The Morgan fingerprint density at radius 2 is 2.14 bits per heavy atom. The minimum Gasteiger partial charge on any atom is -0.493 e. The van der Waals surface area contributed by atoms with Crippen LogP contribution in [0.4, 0.5) is 10.2 Å². The second kappa shape index (κ2) is 5.26. The van der Waals surface area contributed by atoms with E-state index in [4.69, 9.17) is 4.74 Å². The quantitative estimate of drug-likeness (QED) is 0.805. The summed E-state index contributed by atoms with van der Waals surface area (Å²) in [6, 6.07) is 6.96. The van der Waals surface area contributed by atoms with Gasteiger partial charge in [0.05, 0.1) is 6.61 Å². The van der Waals surface area contributed by atoms with Crippen LogP contribution in [-0.4, -0.2) is 16.6 Å². The Kier molecular flexibility index (Phi) is 3.11. The zero-order valence-corrected chi connectivity index (χ0v) is 11.8. The second-order valence-corrected chi connectivity index (χ2v) is 5.21. The van der Waals surface area contributed by atoms with Crippen LogP contribution in [0.2, 0.25) is 0 Å². The van der Waals surface area contributed by atoms with Crippen LogP contribution in [0.3, 0.4) is 0 Å². The number of pyridine rings is 2. The van der Waals surface area contributed by atoms with Crippen LogP contribution >= 0.6 is 0 Å². The molecule has 0 bridgehead atoms. The van der Waals surface area contributed by atoms with Crippen molar-refractivity contribution in [1.29, 1.82) is 0 Å². The molecule has 5 heteroatoms. The number of halogens is 1. The largest absolute Gasteiger partial charge is 0.493 e. The SMILES string of the molecule is Fc1ccc2c(c1CNc1nccc3cnccc13)CCO2. The highest BCUT2D eigenvalue weighted by Gasteiger charge is 2.19. The highest BCUT2D eigenvalue weighted by atomic mass is 19.1. The van der Waals surface area contributed by atoms with E-state index in [-0.39, 0.29) is 5.82 Å². The molecule has 0 unspecified atom stereocenters. The number of aromatic nitrogens is 2. The van der Waals surface area contributed by atoms with Crippen LogP contribution in [0.25, 0.3) is 10.8 Å². The molecule has 22 heavy (non-hydrogen) atoms. The maximum Gasteiger partial charge on any atom is 0.134 e. The summed E-state index contributed by atoms with van der Waals surface area (Å²) < 4.78 is 19.6. The molecule has 110 valence electrons. The summed E-state index contributed by atoms with van der Waals surface area (Å²) in [5, 5.41) is 5.22. The fourth-order valence-electron chi connectivity index (χ4n) is 2.84. The lowest BCUT2D eigenvalue weighted by Crippen LogP contribution is -2.06. The highest BCUT2D eigenvalue weighted by Crippen LogP contribution is 2.31. The molecule has 1 aromatic carbocycles. The summed E-state index contributed by atoms with van der Waals surface area (Å²) in [5.41, 5.74) is 1.61. The number of nitrogens with one attached hydrogen (secondary N) is 1. The fourth-order valence-corrected chi connectivity index (χ4v) is 2.84. The third kappa shape index (κ3) is 2.15. The third-order valence-corrected chi connectivity index (χ3v) is 3.94. The van der Waals surface area contributed by atoms with E-state index < -0.39 is 0 Å². The van der Waals surface area contributed by atoms with Gasteiger partial charge in [0, 0.05) is 53.5 Å². The predicted octanol–water partition coefficient (Wildman–Crippen LogP) is 3.32. The molecule has 0 saturated carbocycles. The summed E-state index contributed by atoms with van der Waals surface area (Å²) in [6.07, 6.45) is 5.99. The molecular formula is C17H14FN3O. The van der Waals surface area contributed by atoms with Gasteiger partial charge in [0.1, 0.15) is 17.4 Å². The first kappa shape index (κ1) is 13.0. The Morgan fingerprint density at radius 3 is 3.09 bits per heavy atom. The molecular weight excluding hydrogens is 281 g/mol. The van der Waals surface area contributed by atoms with Crippen LogP contribution in [0.15, 0.2) is 42.9 Å². The number of ether oxygens (including phenoxy) is 1. The van der Waals surface area contributed by atoms with Gasteiger partial charge in [0.2, 0.25) is 0 Å². The molecule has 0 atom stereocenters. The molecule has 0 saturated heterocycles. The Morgan fingerprint density at radius 1 is 1.18 bits per heavy atom. The Bertz CT molecular complexity index is 845. The van der Waals surface area contributed by atoms with Gasteiger partial charge in [-0.05, 0) is 24.3 Å². The minimum atomic E-state index is -0.210. The van der Waals surface area contributed by atoms with Crippen LogP contribution in [-0.2, 0) is 13.0 Å². The Balaban J connectivity index is 1.67. The van der Waals surface area contributed by atoms with Gasteiger partial charge in [-0.3, -0.25) is 4.98 Å². The maximum atomic E-state index is 14.1. The number of hydrogen-bond acceptors (Lipinski definition) is 4. The first-order chi connectivity index (χ1) is 10.8. The zero-order valence-electron chi connectivity index (χ0n) is 11.8. The maximum absolute atomic E-state index is 14.1. The van der Waals surface area contributed by atoms with Gasteiger partial charge in [-0.15, -0.1) is 0 Å². The van der Waals surface area contributed by atoms with Gasteiger partial charge in [-0.2, -0.15) is 0 Å². The first-order valence-corrected chi connectivity index (χ1v) is 7.18. The van der Waals surface area contributed by atoms with Crippen LogP contribution < -0.4 is 10.1 Å². The first-order valence-electron chi connectivity index (χ1n) is 7.18. The number of nitrogens with zero attached hydrogens (tertiary/aromatic N) is 2. The van der Waals surface area contributed by atoms with Crippen molar-refractivity contribution in [3.63, 3.8) is 0 Å². The van der Waals surface area contributed by atoms with Gasteiger partial charge < -0.3 is 10.1 Å². The molecule has 4 nitrogen and oxygen atoms in total. The third-order valence-electron chi connectivity index (χ3n) is 3.94. The summed E-state index contributed by atoms with van der Waals surface area (Å²) in [4.78, 5) is 8.45. The molecule has 1 aliphatic rings. The van der Waals surface area contributed by atoms with E-state index in [9.17, 15) is 4.39 Å². The summed E-state index contributed by atoms with van der Waals surface area (Å²) in [7, 11) is 0. The standard InChI is InChI=1S/C17H14FN3O/c18-15-1-2-16-13(5-8-22-16)14(15)10-21-17-12-4-6-19-9-11(12)3-7-20-17/h1-4,6-7,9H,5,8,10H2,(H,20,21). The van der Waals surface area contributed by atoms with Crippen molar-refractivity contribution in [2.24, 2.45) is 0 Å². The van der Waals surface area contributed by atoms with Crippen molar-refractivity contribution in [2.75, 3.05) is 11.9 Å². The predicted molar refractivity (Wildman–Crippen MR) is 82.5 cm³/mol. The zero-order chi connectivity index (χ0) is 14.9. The lowest BCUT2D eigenvalue weighted by atomic mass is 10.0. The van der Waals surface area contributed by atoms with Crippen molar-refractivity contribution in [3.8, 4) is 5.75 Å². The molecule has 0 radical (unpaired) electrons. The molecule has 3 aromatic rings. The van der Waals surface area contributed by atoms with Crippen LogP contribution in [0.1, 0.15) is 11.1 Å². The Hall–Kier alpha value is -2.69. The number of fused-ring (bicyclic) bond motifs is 2. The minimum absolute atomic E-state index is 0.210. The van der Waals surface area contributed by atoms with Gasteiger partial charge in [0.15, 0.2) is 0 Å². The van der Waals surface area contributed by atoms with Gasteiger partial charge in [0.25, 0.3) is 0 Å². The van der Waals surface area contributed by atoms with Gasteiger partial charge in [-0.1, -0.05) is 0 Å². The monoisotopic (exact) mass is 295 g/mol. The van der Waals surface area contributed by atoms with Crippen LogP contribution in [0, 0.1) is 5.82 Å². The van der Waals surface area contributed by atoms with E-state index in [1.165, 1.54) is 6.07 Å². The van der Waals surface area contributed by atoms with E-state index in [1.54, 1.807) is 24.7 Å². The highest BCUT2D eigenvalue weighted by molar-refractivity contribution is 5.90. The molecule has 1 aliphatic heterocycles. The molecule has 3 heterocycles. The molecule has 0 aliphatic carbocycles. The smallest absolute Gasteiger partial charge is 0.134 e. The summed E-state index contributed by atoms with van der Waals surface area (Å²) in [5.74, 6) is 1.31. The Labute approximate surface area is 127 Å². The van der Waals surface area contributed by atoms with E-state index in [2.05, 4.69) is 15.3 Å². The molecule has 0 fully saturated rings. The molecule has 0 amide bonds. The average molecular weight is 295 g/mol.